The molecule has 1 saturated carbocycles. The Labute approximate surface area is 188 Å². The number of nitro groups is 1. The number of anilines is 1. The van der Waals surface area contributed by atoms with E-state index in [-0.39, 0.29) is 12.0 Å². The Morgan fingerprint density at radius 3 is 2.34 bits per heavy atom. The predicted octanol–water partition coefficient (Wildman–Crippen LogP) is 5.49. The molecule has 5 rings (SSSR count). The van der Waals surface area contributed by atoms with Crippen LogP contribution in [0.25, 0.3) is 21.7 Å². The maximum atomic E-state index is 12.4. The number of ether oxygens (including phenoxy) is 1. The van der Waals surface area contributed by atoms with Gasteiger partial charge in [0.05, 0.1) is 15.5 Å². The van der Waals surface area contributed by atoms with Gasteiger partial charge in [0.25, 0.3) is 0 Å². The molecule has 1 aromatic heterocycles. The van der Waals surface area contributed by atoms with Gasteiger partial charge in [-0.1, -0.05) is 78.4 Å². The first-order valence-corrected chi connectivity index (χ1v) is 11.4. The summed E-state index contributed by atoms with van der Waals surface area (Å²) in [5, 5.41) is 15.5. The molecule has 0 bridgehead atoms. The van der Waals surface area contributed by atoms with Gasteiger partial charge in [-0.15, -0.1) is 0 Å². The second kappa shape index (κ2) is 8.55. The summed E-state index contributed by atoms with van der Waals surface area (Å²) in [6.07, 6.45) is 3.01. The van der Waals surface area contributed by atoms with Gasteiger partial charge >= 0.3 is 11.7 Å². The highest BCUT2D eigenvalue weighted by Crippen LogP contribution is 2.42. The van der Waals surface area contributed by atoms with Crippen LogP contribution in [0.2, 0.25) is 0 Å². The fraction of sp³-hybridized carbons (Fsp3) is 0.250. The molecule has 3 aromatic rings. The summed E-state index contributed by atoms with van der Waals surface area (Å²) in [6.45, 7) is 0. The van der Waals surface area contributed by atoms with E-state index in [9.17, 15) is 14.9 Å². The lowest BCUT2D eigenvalue weighted by Gasteiger charge is -2.35. The zero-order valence-corrected chi connectivity index (χ0v) is 18.0. The molecule has 2 atom stereocenters. The van der Waals surface area contributed by atoms with Crippen LogP contribution in [0.5, 0.6) is 0 Å². The summed E-state index contributed by atoms with van der Waals surface area (Å²) < 4.78 is 5.40. The smallest absolute Gasteiger partial charge is 0.412 e. The molecule has 1 aliphatic carbocycles. The maximum Gasteiger partial charge on any atom is 0.412 e. The van der Waals surface area contributed by atoms with E-state index in [1.807, 2.05) is 60.7 Å². The largest absolute Gasteiger partial charge is 0.453 e. The molecule has 1 N–H and O–H groups in total. The molecule has 1 aliphatic heterocycles. The third kappa shape index (κ3) is 3.78. The molecule has 0 saturated heterocycles. The minimum absolute atomic E-state index is 0.217. The first kappa shape index (κ1) is 20.4. The zero-order valence-electron chi connectivity index (χ0n) is 17.2. The van der Waals surface area contributed by atoms with Crippen molar-refractivity contribution in [1.82, 2.24) is 4.98 Å². The predicted molar refractivity (Wildman–Crippen MR) is 122 cm³/mol. The fourth-order valence-corrected chi connectivity index (χ4v) is 5.44. The van der Waals surface area contributed by atoms with E-state index >= 15 is 0 Å². The Kier molecular flexibility index (Phi) is 5.45. The first-order chi connectivity index (χ1) is 15.6. The van der Waals surface area contributed by atoms with Gasteiger partial charge in [0.2, 0.25) is 0 Å². The first-order valence-electron chi connectivity index (χ1n) is 10.6. The van der Waals surface area contributed by atoms with Crippen molar-refractivity contribution in [2.45, 2.75) is 31.8 Å². The van der Waals surface area contributed by atoms with Gasteiger partial charge in [-0.25, -0.2) is 9.78 Å². The fourth-order valence-electron chi connectivity index (χ4n) is 4.44. The molecule has 7 nitrogen and oxygen atoms in total. The molecule has 8 heteroatoms. The second-order valence-corrected chi connectivity index (χ2v) is 8.91. The van der Waals surface area contributed by atoms with Crippen LogP contribution in [0.1, 0.15) is 25.7 Å². The standard InChI is InChI=1S/C24H21N3O4S/c28-23-21(27(29)30)20(17-13-7-8-14-18(17)31-23)26-24-25-19(15-9-3-1-4-10-15)22(32-24)16-11-5-2-6-12-16/h1-6,9-12,17-18H,7-8,13-14H2,(H,25,26)/t17-,18-/m1/s1. The number of esters is 1. The van der Waals surface area contributed by atoms with Gasteiger partial charge < -0.3 is 10.1 Å². The molecule has 0 unspecified atom stereocenters. The molecule has 2 aromatic carbocycles. The van der Waals surface area contributed by atoms with E-state index in [0.717, 1.165) is 47.4 Å². The van der Waals surface area contributed by atoms with Gasteiger partial charge in [-0.3, -0.25) is 10.1 Å². The number of carbonyl (C=O) groups excluding carboxylic acids is 1. The molecular weight excluding hydrogens is 426 g/mol. The number of hydrogen-bond donors (Lipinski definition) is 1. The normalized spacial score (nSPS) is 20.4. The van der Waals surface area contributed by atoms with Crippen molar-refractivity contribution in [3.8, 4) is 21.7 Å². The van der Waals surface area contributed by atoms with Crippen LogP contribution >= 0.6 is 11.3 Å². The summed E-state index contributed by atoms with van der Waals surface area (Å²) in [5.74, 6) is -1.09. The van der Waals surface area contributed by atoms with E-state index in [1.54, 1.807) is 0 Å². The maximum absolute atomic E-state index is 12.4. The van der Waals surface area contributed by atoms with Gasteiger partial charge in [-0.2, -0.15) is 0 Å². The van der Waals surface area contributed by atoms with Crippen LogP contribution in [0, 0.1) is 16.0 Å². The Hall–Kier alpha value is -3.52. The highest BCUT2D eigenvalue weighted by molar-refractivity contribution is 7.19. The Bertz CT molecular complexity index is 1130. The second-order valence-electron chi connectivity index (χ2n) is 7.91. The monoisotopic (exact) mass is 447 g/mol. The van der Waals surface area contributed by atoms with E-state index in [0.29, 0.717) is 10.8 Å². The Morgan fingerprint density at radius 1 is 1.00 bits per heavy atom. The number of aromatic nitrogens is 1. The van der Waals surface area contributed by atoms with Gasteiger partial charge in [0.1, 0.15) is 11.8 Å². The number of hydrogen-bond acceptors (Lipinski definition) is 7. The molecule has 0 spiro atoms. The van der Waals surface area contributed by atoms with Crippen molar-refractivity contribution in [1.29, 1.82) is 0 Å². The van der Waals surface area contributed by atoms with E-state index in [4.69, 9.17) is 9.72 Å². The molecule has 162 valence electrons. The third-order valence-electron chi connectivity index (χ3n) is 5.91. The van der Waals surface area contributed by atoms with Crippen LogP contribution < -0.4 is 5.32 Å². The average Bonchev–Trinajstić information content (AvgIpc) is 3.24. The lowest BCUT2D eigenvalue weighted by molar-refractivity contribution is -0.424. The number of fused-ring (bicyclic) bond motifs is 1. The molecule has 1 fully saturated rings. The molecule has 32 heavy (non-hydrogen) atoms. The van der Waals surface area contributed by atoms with E-state index < -0.39 is 16.6 Å². The van der Waals surface area contributed by atoms with Crippen molar-refractivity contribution in [2.75, 3.05) is 5.32 Å². The number of nitrogens with one attached hydrogen (secondary N) is 1. The minimum atomic E-state index is -0.872. The molecule has 0 amide bonds. The zero-order chi connectivity index (χ0) is 22.1. The van der Waals surface area contributed by atoms with E-state index in [1.165, 1.54) is 11.3 Å². The quantitative estimate of drug-likeness (QED) is 0.316. The SMILES string of the molecule is O=C1O[C@@H]2CCCC[C@H]2C(Nc2nc(-c3ccccc3)c(-c3ccccc3)s2)=C1[N+](=O)[O-]. The van der Waals surface area contributed by atoms with Crippen LogP contribution in [-0.2, 0) is 9.53 Å². The van der Waals surface area contributed by atoms with Gasteiger partial charge in [0.15, 0.2) is 5.13 Å². The highest BCUT2D eigenvalue weighted by atomic mass is 32.1. The minimum Gasteiger partial charge on any atom is -0.453 e. The summed E-state index contributed by atoms with van der Waals surface area (Å²) in [4.78, 5) is 29.3. The van der Waals surface area contributed by atoms with Crippen LogP contribution in [-0.4, -0.2) is 22.0 Å². The van der Waals surface area contributed by atoms with Crippen LogP contribution in [0.15, 0.2) is 72.1 Å². The molecule has 2 aliphatic rings. The molecule has 0 radical (unpaired) electrons. The van der Waals surface area contributed by atoms with Crippen molar-refractivity contribution >= 4 is 22.4 Å². The van der Waals surface area contributed by atoms with Crippen LogP contribution in [0.3, 0.4) is 0 Å². The van der Waals surface area contributed by atoms with Crippen molar-refractivity contribution < 1.29 is 14.5 Å². The highest BCUT2D eigenvalue weighted by Gasteiger charge is 2.45. The lowest BCUT2D eigenvalue weighted by Crippen LogP contribution is -2.41. The molecular formula is C24H21N3O4S. The van der Waals surface area contributed by atoms with Crippen LogP contribution in [0.4, 0.5) is 5.13 Å². The van der Waals surface area contributed by atoms with Gasteiger partial charge in [-0.05, 0) is 24.8 Å². The topological polar surface area (TPSA) is 94.4 Å². The summed E-state index contributed by atoms with van der Waals surface area (Å²) in [5.41, 5.74) is 2.58. The average molecular weight is 448 g/mol. The number of carbonyl (C=O) groups is 1. The molecule has 2 heterocycles. The van der Waals surface area contributed by atoms with Gasteiger partial charge in [0, 0.05) is 11.5 Å². The summed E-state index contributed by atoms with van der Waals surface area (Å²) >= 11 is 1.42. The summed E-state index contributed by atoms with van der Waals surface area (Å²) in [6, 6.07) is 19.7. The van der Waals surface area contributed by atoms with Crippen molar-refractivity contribution in [3.05, 3.63) is 82.2 Å². The lowest BCUT2D eigenvalue weighted by atomic mass is 9.82. The number of thiazole rings is 1. The number of benzene rings is 2. The van der Waals surface area contributed by atoms with E-state index in [2.05, 4.69) is 5.32 Å². The van der Waals surface area contributed by atoms with Crippen molar-refractivity contribution in [3.63, 3.8) is 0 Å². The number of rotatable bonds is 5. The van der Waals surface area contributed by atoms with Crippen molar-refractivity contribution in [2.24, 2.45) is 5.92 Å². The Morgan fingerprint density at radius 2 is 1.66 bits per heavy atom. The Balaban J connectivity index is 1.60. The number of nitrogens with zero attached hydrogens (tertiary/aromatic N) is 2. The summed E-state index contributed by atoms with van der Waals surface area (Å²) in [7, 11) is 0. The third-order valence-corrected chi connectivity index (χ3v) is 6.93.